The molecule has 0 amide bonds. The molecule has 3 rings (SSSR count). The number of nitrogens with one attached hydrogen (secondary N) is 1. The molecule has 0 saturated heterocycles. The van der Waals surface area contributed by atoms with Gasteiger partial charge in [-0.25, -0.2) is 14.6 Å². The van der Waals surface area contributed by atoms with Gasteiger partial charge in [0.1, 0.15) is 12.1 Å². The van der Waals surface area contributed by atoms with E-state index in [-0.39, 0.29) is 0 Å². The zero-order valence-electron chi connectivity index (χ0n) is 13.5. The van der Waals surface area contributed by atoms with Crippen molar-refractivity contribution in [1.82, 2.24) is 25.1 Å². The second-order valence-corrected chi connectivity index (χ2v) is 5.29. The van der Waals surface area contributed by atoms with Crippen LogP contribution in [0, 0.1) is 0 Å². The van der Waals surface area contributed by atoms with Gasteiger partial charge in [-0.15, -0.1) is 0 Å². The molecule has 0 spiro atoms. The molecule has 1 aromatic carbocycles. The molecule has 0 saturated carbocycles. The molecule has 0 aliphatic carbocycles. The molecule has 0 bridgehead atoms. The minimum absolute atomic E-state index is 0.443. The van der Waals surface area contributed by atoms with Crippen molar-refractivity contribution in [2.75, 3.05) is 19.4 Å². The highest BCUT2D eigenvalue weighted by molar-refractivity contribution is 5.44. The van der Waals surface area contributed by atoms with Crippen LogP contribution in [0.15, 0.2) is 49.1 Å². The Morgan fingerprint density at radius 1 is 1.21 bits per heavy atom. The third kappa shape index (κ3) is 3.69. The van der Waals surface area contributed by atoms with Crippen LogP contribution in [0.1, 0.15) is 11.1 Å². The quantitative estimate of drug-likeness (QED) is 0.641. The number of nitrogen functional groups attached to an aromatic ring is 1. The van der Waals surface area contributed by atoms with Crippen molar-refractivity contribution in [2.45, 2.75) is 13.0 Å². The summed E-state index contributed by atoms with van der Waals surface area (Å²) >= 11 is 0. The van der Waals surface area contributed by atoms with E-state index in [0.29, 0.717) is 18.2 Å². The lowest BCUT2D eigenvalue weighted by molar-refractivity contribution is 0.390. The van der Waals surface area contributed by atoms with E-state index >= 15 is 0 Å². The zero-order chi connectivity index (χ0) is 16.8. The number of ether oxygens (including phenoxy) is 1. The molecule has 0 aliphatic heterocycles. The summed E-state index contributed by atoms with van der Waals surface area (Å²) < 4.78 is 7.05. The summed E-state index contributed by atoms with van der Waals surface area (Å²) in [5, 5.41) is 7.57. The summed E-state index contributed by atoms with van der Waals surface area (Å²) in [6.45, 7) is 1.39. The van der Waals surface area contributed by atoms with Crippen LogP contribution in [0.25, 0.3) is 5.69 Å². The first-order valence-corrected chi connectivity index (χ1v) is 7.71. The fourth-order valence-electron chi connectivity index (χ4n) is 2.43. The van der Waals surface area contributed by atoms with Crippen LogP contribution in [0.4, 0.5) is 5.82 Å². The standard InChI is InChI=1S/C17H20N6O/c1-24-17-15(16(18)20-12-21-17)11-19-9-7-13-3-5-14(6-4-13)23-10-2-8-22-23/h2-6,8,10,12,19H,7,9,11H2,1H3,(H2,18,20,21). The smallest absolute Gasteiger partial charge is 0.222 e. The first-order chi connectivity index (χ1) is 11.8. The van der Waals surface area contributed by atoms with Gasteiger partial charge < -0.3 is 15.8 Å². The van der Waals surface area contributed by atoms with Crippen molar-refractivity contribution in [3.05, 3.63) is 60.2 Å². The molecular formula is C17H20N6O. The van der Waals surface area contributed by atoms with Gasteiger partial charge in [0.25, 0.3) is 0 Å². The number of hydrogen-bond acceptors (Lipinski definition) is 6. The third-order valence-electron chi connectivity index (χ3n) is 3.73. The molecule has 3 N–H and O–H groups in total. The van der Waals surface area contributed by atoms with Gasteiger partial charge in [-0.05, 0) is 36.7 Å². The maximum atomic E-state index is 5.87. The van der Waals surface area contributed by atoms with Gasteiger partial charge in [-0.2, -0.15) is 5.10 Å². The number of rotatable bonds is 7. The highest BCUT2D eigenvalue weighted by Gasteiger charge is 2.08. The molecule has 0 atom stereocenters. The molecule has 7 nitrogen and oxygen atoms in total. The van der Waals surface area contributed by atoms with Crippen molar-refractivity contribution in [2.24, 2.45) is 0 Å². The van der Waals surface area contributed by atoms with Crippen LogP contribution in [0.5, 0.6) is 5.88 Å². The lowest BCUT2D eigenvalue weighted by Crippen LogP contribution is -2.19. The predicted molar refractivity (Wildman–Crippen MR) is 92.0 cm³/mol. The Balaban J connectivity index is 1.52. The average Bonchev–Trinajstić information content (AvgIpc) is 3.15. The largest absolute Gasteiger partial charge is 0.481 e. The van der Waals surface area contributed by atoms with Crippen molar-refractivity contribution in [3.8, 4) is 11.6 Å². The van der Waals surface area contributed by atoms with Crippen molar-refractivity contribution < 1.29 is 4.74 Å². The predicted octanol–water partition coefficient (Wildman–Crippen LogP) is 1.59. The van der Waals surface area contributed by atoms with Crippen LogP contribution < -0.4 is 15.8 Å². The van der Waals surface area contributed by atoms with Crippen LogP contribution >= 0.6 is 0 Å². The fourth-order valence-corrected chi connectivity index (χ4v) is 2.43. The number of benzene rings is 1. The van der Waals surface area contributed by atoms with E-state index in [1.165, 1.54) is 11.9 Å². The topological polar surface area (TPSA) is 90.9 Å². The molecule has 2 heterocycles. The third-order valence-corrected chi connectivity index (χ3v) is 3.73. The summed E-state index contributed by atoms with van der Waals surface area (Å²) in [5.74, 6) is 0.955. The van der Waals surface area contributed by atoms with Crippen LogP contribution in [0.3, 0.4) is 0 Å². The van der Waals surface area contributed by atoms with Gasteiger partial charge >= 0.3 is 0 Å². The Morgan fingerprint density at radius 2 is 2.04 bits per heavy atom. The minimum atomic E-state index is 0.443. The summed E-state index contributed by atoms with van der Waals surface area (Å²) in [4.78, 5) is 8.06. The van der Waals surface area contributed by atoms with Crippen molar-refractivity contribution in [1.29, 1.82) is 0 Å². The molecule has 0 fully saturated rings. The first kappa shape index (κ1) is 15.9. The summed E-state index contributed by atoms with van der Waals surface area (Å²) in [6, 6.07) is 10.3. The Kier molecular flexibility index (Phi) is 5.02. The normalized spacial score (nSPS) is 10.7. The number of anilines is 1. The monoisotopic (exact) mass is 324 g/mol. The highest BCUT2D eigenvalue weighted by atomic mass is 16.5. The maximum absolute atomic E-state index is 5.87. The Morgan fingerprint density at radius 3 is 2.75 bits per heavy atom. The van der Waals surface area contributed by atoms with Gasteiger partial charge in [0.15, 0.2) is 0 Å². The molecule has 0 unspecified atom stereocenters. The minimum Gasteiger partial charge on any atom is -0.481 e. The van der Waals surface area contributed by atoms with Crippen molar-refractivity contribution >= 4 is 5.82 Å². The Hall–Kier alpha value is -2.93. The SMILES string of the molecule is COc1ncnc(N)c1CNCCc1ccc(-n2cccn2)cc1. The molecule has 124 valence electrons. The van der Waals surface area contributed by atoms with Crippen LogP contribution in [-0.2, 0) is 13.0 Å². The molecule has 3 aromatic rings. The van der Waals surface area contributed by atoms with Crippen LogP contribution in [-0.4, -0.2) is 33.4 Å². The van der Waals surface area contributed by atoms with E-state index in [0.717, 1.165) is 24.2 Å². The summed E-state index contributed by atoms with van der Waals surface area (Å²) in [7, 11) is 1.58. The van der Waals surface area contributed by atoms with E-state index in [2.05, 4.69) is 44.6 Å². The number of methoxy groups -OCH3 is 1. The van der Waals surface area contributed by atoms with Crippen molar-refractivity contribution in [3.63, 3.8) is 0 Å². The van der Waals surface area contributed by atoms with Crippen LogP contribution in [0.2, 0.25) is 0 Å². The molecule has 0 aliphatic rings. The molecule has 0 radical (unpaired) electrons. The molecule has 2 aromatic heterocycles. The molecule has 24 heavy (non-hydrogen) atoms. The summed E-state index contributed by atoms with van der Waals surface area (Å²) in [5.41, 5.74) is 8.96. The lowest BCUT2D eigenvalue weighted by Gasteiger charge is -2.10. The Labute approximate surface area is 140 Å². The average molecular weight is 324 g/mol. The molecule has 7 heteroatoms. The number of hydrogen-bond donors (Lipinski definition) is 2. The first-order valence-electron chi connectivity index (χ1n) is 7.71. The van der Waals surface area contributed by atoms with E-state index < -0.39 is 0 Å². The second-order valence-electron chi connectivity index (χ2n) is 5.29. The number of nitrogens with two attached hydrogens (primary N) is 1. The van der Waals surface area contributed by atoms with E-state index in [1.54, 1.807) is 13.3 Å². The zero-order valence-corrected chi connectivity index (χ0v) is 13.5. The number of nitrogens with zero attached hydrogens (tertiary/aromatic N) is 4. The number of aromatic nitrogens is 4. The fraction of sp³-hybridized carbons (Fsp3) is 0.235. The summed E-state index contributed by atoms with van der Waals surface area (Å²) in [6.07, 6.45) is 6.01. The Bertz CT molecular complexity index is 770. The van der Waals surface area contributed by atoms with Gasteiger partial charge in [0, 0.05) is 18.9 Å². The van der Waals surface area contributed by atoms with E-state index in [1.807, 2.05) is 16.9 Å². The highest BCUT2D eigenvalue weighted by Crippen LogP contribution is 2.18. The molecular weight excluding hydrogens is 304 g/mol. The second kappa shape index (κ2) is 7.56. The van der Waals surface area contributed by atoms with Gasteiger partial charge in [-0.1, -0.05) is 12.1 Å². The van der Waals surface area contributed by atoms with Gasteiger partial charge in [0.2, 0.25) is 5.88 Å². The maximum Gasteiger partial charge on any atom is 0.222 e. The van der Waals surface area contributed by atoms with Gasteiger partial charge in [0.05, 0.1) is 18.4 Å². The van der Waals surface area contributed by atoms with Gasteiger partial charge in [-0.3, -0.25) is 0 Å². The lowest BCUT2D eigenvalue weighted by atomic mass is 10.1. The van der Waals surface area contributed by atoms with E-state index in [9.17, 15) is 0 Å². The van der Waals surface area contributed by atoms with E-state index in [4.69, 9.17) is 10.5 Å².